The molecule has 4 nitrogen and oxygen atoms in total. The lowest BCUT2D eigenvalue weighted by atomic mass is 10.0. The molecule has 0 fully saturated rings. The first-order valence-corrected chi connectivity index (χ1v) is 8.74. The highest BCUT2D eigenvalue weighted by Gasteiger charge is 2.83. The van der Waals surface area contributed by atoms with Crippen LogP contribution in [0.4, 0.5) is 44.5 Å². The SMILES string of the molecule is CCOC(=O)c1c(NC(=O)C(F)(F)C(F)(F)C(F)(F)C(F)(F)F)sc2c1CCC2. The molecule has 1 aromatic heterocycles. The van der Waals surface area contributed by atoms with Crippen LogP contribution in [-0.4, -0.2) is 42.4 Å². The van der Waals surface area contributed by atoms with Crippen molar-refractivity contribution in [1.29, 1.82) is 0 Å². The number of hydrogen-bond acceptors (Lipinski definition) is 4. The number of alkyl halides is 9. The van der Waals surface area contributed by atoms with Crippen LogP contribution in [0, 0.1) is 0 Å². The van der Waals surface area contributed by atoms with Gasteiger partial charge in [0.15, 0.2) is 0 Å². The third-order valence-corrected chi connectivity index (χ3v) is 5.27. The van der Waals surface area contributed by atoms with Crippen LogP contribution in [0.15, 0.2) is 0 Å². The molecule has 1 N–H and O–H groups in total. The molecular weight excluding hydrogens is 445 g/mol. The molecule has 14 heteroatoms. The molecule has 29 heavy (non-hydrogen) atoms. The molecule has 0 spiro atoms. The van der Waals surface area contributed by atoms with Gasteiger partial charge in [0, 0.05) is 4.88 Å². The first-order chi connectivity index (χ1) is 13.1. The van der Waals surface area contributed by atoms with Gasteiger partial charge in [-0.3, -0.25) is 4.79 Å². The van der Waals surface area contributed by atoms with E-state index in [0.29, 0.717) is 34.6 Å². The maximum Gasteiger partial charge on any atom is 0.460 e. The van der Waals surface area contributed by atoms with Crippen molar-refractivity contribution in [2.24, 2.45) is 0 Å². The maximum absolute atomic E-state index is 13.7. The van der Waals surface area contributed by atoms with Crippen LogP contribution < -0.4 is 5.32 Å². The van der Waals surface area contributed by atoms with E-state index in [1.807, 2.05) is 0 Å². The Morgan fingerprint density at radius 2 is 1.59 bits per heavy atom. The second kappa shape index (κ2) is 7.36. The number of thiophene rings is 1. The smallest absolute Gasteiger partial charge is 0.460 e. The molecule has 2 rings (SSSR count). The van der Waals surface area contributed by atoms with Crippen molar-refractivity contribution >= 4 is 28.2 Å². The Kier molecular flexibility index (Phi) is 5.91. The first kappa shape index (κ1) is 23.3. The standard InChI is InChI=1S/C15H12F9NO3S/c1-2-28-10(26)8-6-4-3-5-7(6)29-9(8)25-11(27)12(16,17)13(18,19)14(20,21)15(22,23)24/h2-5H2,1H3,(H,25,27). The Bertz CT molecular complexity index is 817. The minimum Gasteiger partial charge on any atom is -0.462 e. The summed E-state index contributed by atoms with van der Waals surface area (Å²) in [4.78, 5) is 24.1. The highest BCUT2D eigenvalue weighted by Crippen LogP contribution is 2.53. The van der Waals surface area contributed by atoms with Crippen LogP contribution in [0.5, 0.6) is 0 Å². The summed E-state index contributed by atoms with van der Waals surface area (Å²) in [7, 11) is 0. The second-order valence-corrected chi connectivity index (χ2v) is 7.06. The Morgan fingerprint density at radius 3 is 2.10 bits per heavy atom. The van der Waals surface area contributed by atoms with Crippen LogP contribution in [0.3, 0.4) is 0 Å². The van der Waals surface area contributed by atoms with Crippen LogP contribution in [-0.2, 0) is 22.4 Å². The van der Waals surface area contributed by atoms with Crippen molar-refractivity contribution in [2.45, 2.75) is 50.1 Å². The van der Waals surface area contributed by atoms with E-state index in [-0.39, 0.29) is 13.0 Å². The third-order valence-electron chi connectivity index (χ3n) is 4.06. The van der Waals surface area contributed by atoms with E-state index in [9.17, 15) is 49.1 Å². The Hall–Kier alpha value is -1.99. The molecule has 1 amide bonds. The molecule has 164 valence electrons. The van der Waals surface area contributed by atoms with Crippen molar-refractivity contribution in [1.82, 2.24) is 0 Å². The molecule has 0 radical (unpaired) electrons. The van der Waals surface area contributed by atoms with E-state index in [4.69, 9.17) is 4.74 Å². The van der Waals surface area contributed by atoms with E-state index < -0.39 is 46.4 Å². The number of nitrogens with one attached hydrogen (secondary N) is 1. The van der Waals surface area contributed by atoms with Crippen LogP contribution in [0.1, 0.15) is 34.1 Å². The average Bonchev–Trinajstić information content (AvgIpc) is 3.13. The van der Waals surface area contributed by atoms with Gasteiger partial charge in [0.05, 0.1) is 12.2 Å². The lowest BCUT2D eigenvalue weighted by Crippen LogP contribution is -2.64. The normalized spacial score (nSPS) is 15.2. The van der Waals surface area contributed by atoms with E-state index in [1.54, 1.807) is 0 Å². The topological polar surface area (TPSA) is 55.4 Å². The summed E-state index contributed by atoms with van der Waals surface area (Å²) < 4.78 is 121. The number of amides is 1. The molecule has 1 heterocycles. The number of carbonyl (C=O) groups is 2. The van der Waals surface area contributed by atoms with Crippen LogP contribution >= 0.6 is 11.3 Å². The Labute approximate surface area is 161 Å². The Morgan fingerprint density at radius 1 is 1.00 bits per heavy atom. The fraction of sp³-hybridized carbons (Fsp3) is 0.600. The number of hydrogen-bond donors (Lipinski definition) is 1. The van der Waals surface area contributed by atoms with Gasteiger partial charge in [0.1, 0.15) is 5.00 Å². The highest BCUT2D eigenvalue weighted by molar-refractivity contribution is 7.17. The number of fused-ring (bicyclic) bond motifs is 1. The molecular formula is C15H12F9NO3S. The van der Waals surface area contributed by atoms with E-state index in [1.165, 1.54) is 12.2 Å². The van der Waals surface area contributed by atoms with Crippen LogP contribution in [0.2, 0.25) is 0 Å². The molecule has 0 unspecified atom stereocenters. The number of esters is 1. The first-order valence-electron chi connectivity index (χ1n) is 7.92. The van der Waals surface area contributed by atoms with Crippen molar-refractivity contribution in [2.75, 3.05) is 11.9 Å². The van der Waals surface area contributed by atoms with Gasteiger partial charge in [-0.05, 0) is 31.7 Å². The summed E-state index contributed by atoms with van der Waals surface area (Å²) >= 11 is 0.550. The lowest BCUT2D eigenvalue weighted by molar-refractivity contribution is -0.388. The van der Waals surface area contributed by atoms with Crippen molar-refractivity contribution in [3.05, 3.63) is 16.0 Å². The van der Waals surface area contributed by atoms with Crippen molar-refractivity contribution in [3.63, 3.8) is 0 Å². The molecule has 0 atom stereocenters. The van der Waals surface area contributed by atoms with E-state index in [0.717, 1.165) is 0 Å². The highest BCUT2D eigenvalue weighted by atomic mass is 32.1. The fourth-order valence-corrected chi connectivity index (χ4v) is 3.88. The zero-order chi connectivity index (χ0) is 22.4. The zero-order valence-electron chi connectivity index (χ0n) is 14.4. The number of ether oxygens (including phenoxy) is 1. The predicted molar refractivity (Wildman–Crippen MR) is 81.8 cm³/mol. The fourth-order valence-electron chi connectivity index (χ4n) is 2.61. The predicted octanol–water partition coefficient (Wildman–Crippen LogP) is 4.82. The minimum atomic E-state index is -7.19. The maximum atomic E-state index is 13.7. The molecule has 0 aromatic carbocycles. The van der Waals surface area contributed by atoms with Gasteiger partial charge in [-0.15, -0.1) is 11.3 Å². The summed E-state index contributed by atoms with van der Waals surface area (Å²) in [5, 5.41) is 0.507. The molecule has 1 aliphatic carbocycles. The second-order valence-electron chi connectivity index (χ2n) is 5.96. The monoisotopic (exact) mass is 457 g/mol. The third kappa shape index (κ3) is 3.66. The molecule has 1 aromatic rings. The quantitative estimate of drug-likeness (QED) is 0.493. The zero-order valence-corrected chi connectivity index (χ0v) is 15.2. The number of halogens is 9. The number of aryl methyl sites for hydroxylation is 1. The molecule has 0 aliphatic heterocycles. The van der Waals surface area contributed by atoms with Gasteiger partial charge < -0.3 is 10.1 Å². The number of rotatable bonds is 6. The van der Waals surface area contributed by atoms with Gasteiger partial charge >= 0.3 is 35.8 Å². The van der Waals surface area contributed by atoms with Crippen LogP contribution in [0.25, 0.3) is 0 Å². The minimum absolute atomic E-state index is 0.164. The van der Waals surface area contributed by atoms with E-state index in [2.05, 4.69) is 0 Å². The summed E-state index contributed by atoms with van der Waals surface area (Å²) in [5.74, 6) is -24.9. The van der Waals surface area contributed by atoms with Gasteiger partial charge in [-0.2, -0.15) is 39.5 Å². The van der Waals surface area contributed by atoms with Gasteiger partial charge in [0.2, 0.25) is 0 Å². The number of anilines is 1. The average molecular weight is 457 g/mol. The largest absolute Gasteiger partial charge is 0.462 e. The summed E-state index contributed by atoms with van der Waals surface area (Å²) in [5.41, 5.74) is -0.112. The van der Waals surface area contributed by atoms with Crippen molar-refractivity contribution in [3.8, 4) is 0 Å². The molecule has 0 bridgehead atoms. The molecule has 0 saturated carbocycles. The van der Waals surface area contributed by atoms with E-state index >= 15 is 0 Å². The van der Waals surface area contributed by atoms with Crippen molar-refractivity contribution < 1.29 is 53.8 Å². The Balaban J connectivity index is 2.40. The summed E-state index contributed by atoms with van der Waals surface area (Å²) in [6.45, 7) is 1.24. The summed E-state index contributed by atoms with van der Waals surface area (Å²) in [6, 6.07) is 0. The van der Waals surface area contributed by atoms with Gasteiger partial charge in [0.25, 0.3) is 0 Å². The molecule has 1 aliphatic rings. The van der Waals surface area contributed by atoms with Gasteiger partial charge in [-0.1, -0.05) is 0 Å². The lowest BCUT2D eigenvalue weighted by Gasteiger charge is -2.32. The van der Waals surface area contributed by atoms with Gasteiger partial charge in [-0.25, -0.2) is 4.79 Å². The molecule has 0 saturated heterocycles. The summed E-state index contributed by atoms with van der Waals surface area (Å²) in [6.07, 6.45) is -5.84. The number of carbonyl (C=O) groups excluding carboxylic acids is 2.